The van der Waals surface area contributed by atoms with Gasteiger partial charge in [0.15, 0.2) is 67.6 Å². The molecule has 0 aliphatic heterocycles. The van der Waals surface area contributed by atoms with E-state index in [0.717, 1.165) is 58.3 Å². The first-order chi connectivity index (χ1) is 66.5. The molecule has 58 nitrogen and oxygen atoms in total. The van der Waals surface area contributed by atoms with Gasteiger partial charge in [0.25, 0.3) is 45.5 Å². The first-order valence-corrected chi connectivity index (χ1v) is 55.7. The third-order valence-electron chi connectivity index (χ3n) is 16.9. The molecule has 0 unspecified atom stereocenters. The Morgan fingerprint density at radius 2 is 0.590 bits per heavy atom. The van der Waals surface area contributed by atoms with Gasteiger partial charge >= 0.3 is 5.69 Å². The standard InChI is InChI=1S/5C8H5NO5S2.4C7H4N2O5S2/c10-9(11)6-1-2-7-5(3-6)4-8(15-7)16(12,13)14;10-9(11)6-2-1-5-3-8(16(12,13)14)15-7(5)4-6;10-9(11)6-2-1-3-7-5(6)4-8(15-7)16(12,13)14;10-9(11)6-3-1-2-5-4-7(15-8(5)6)16(12,13)14;10-9(11)7-5-3-1-2-4-6(5)15-8(7)16(12,13)14;10-9(11)4-1-2-6-5(3-4)8-7(15-6)16(12,13)14;10-9(11)4-1-2-5-6(3-4)15-7(8-5)16(12,13)14;10-9(11)4-2-1-3-5-6(4)8-7(15-5)16(12,13)14;10-9(11)5-3-1-2-4-6(5)15-7(8-4)16(12,13)14/h5*1-4H,(H,12,13,14);4*1-3H,(H,12,13,14)/p-9. The number of benzene rings is 9. The van der Waals surface area contributed by atoms with E-state index in [1.807, 2.05) is 0 Å². The fraction of sp³-hybridized carbons (Fsp3) is 0. The number of thiazole rings is 4. The lowest BCUT2D eigenvalue weighted by Crippen LogP contribution is -1.99. The Labute approximate surface area is 832 Å². The van der Waals surface area contributed by atoms with Gasteiger partial charge in [-0.1, -0.05) is 53.8 Å². The molecule has 9 heterocycles. The van der Waals surface area contributed by atoms with Crippen LogP contribution < -0.4 is 0 Å². The van der Waals surface area contributed by atoms with E-state index in [4.69, 9.17) is 0 Å². The molecule has 76 heteroatoms. The molecule has 18 rings (SSSR count). The Hall–Kier alpha value is -13.9. The molecule has 0 amide bonds. The number of nitrogens with zero attached hydrogens (tertiary/aromatic N) is 13. The largest absolute Gasteiger partial charge is 0.743 e. The number of nitro benzene ring substituents is 8. The van der Waals surface area contributed by atoms with Crippen LogP contribution in [0, 0.1) is 91.0 Å². The van der Waals surface area contributed by atoms with Gasteiger partial charge in [-0.25, -0.2) is 95.7 Å². The zero-order chi connectivity index (χ0) is 107. The summed E-state index contributed by atoms with van der Waals surface area (Å²) in [6, 6.07) is 42.4. The van der Waals surface area contributed by atoms with Gasteiger partial charge in [0.1, 0.15) is 76.8 Å². The lowest BCUT2D eigenvalue weighted by Gasteiger charge is -2.01. The Balaban J connectivity index is 0.000000166. The molecule has 9 aromatic heterocycles. The summed E-state index contributed by atoms with van der Waals surface area (Å²) in [7, 11) is -41.5. The minimum absolute atomic E-state index is 0.0769. The van der Waals surface area contributed by atoms with E-state index in [0.29, 0.717) is 117 Å². The van der Waals surface area contributed by atoms with Crippen molar-refractivity contribution in [2.75, 3.05) is 0 Å². The Kier molecular flexibility index (Phi) is 34.1. The summed E-state index contributed by atoms with van der Waals surface area (Å²) in [4.78, 5) is 104. The maximum atomic E-state index is 10.9. The molecule has 0 spiro atoms. The molecule has 18 aromatic rings. The molecule has 9 aromatic carbocycles. The highest BCUT2D eigenvalue weighted by molar-refractivity contribution is 7.90. The molecule has 0 aliphatic carbocycles. The highest BCUT2D eigenvalue weighted by atomic mass is 32.3. The lowest BCUT2D eigenvalue weighted by atomic mass is 10.2. The fourth-order valence-corrected chi connectivity index (χ4v) is 26.5. The Morgan fingerprint density at radius 3 is 1.11 bits per heavy atom. The molecule has 0 radical (unpaired) electrons. The zero-order valence-electron chi connectivity index (χ0n) is 68.0. The predicted octanol–water partition coefficient (Wildman–Crippen LogP) is 13.0. The summed E-state index contributed by atoms with van der Waals surface area (Å²) in [5.74, 6) is 0. The molecule has 0 atom stereocenters. The van der Waals surface area contributed by atoms with Crippen LogP contribution in [0.5, 0.6) is 0 Å². The van der Waals surface area contributed by atoms with E-state index in [1.54, 1.807) is 12.1 Å². The van der Waals surface area contributed by atoms with Crippen LogP contribution in [0.4, 0.5) is 51.2 Å². The summed E-state index contributed by atoms with van der Waals surface area (Å²) < 4.78 is 288. The second kappa shape index (κ2) is 43.7. The molecule has 0 fully saturated rings. The van der Waals surface area contributed by atoms with E-state index >= 15 is 0 Å². The molecule has 0 bridgehead atoms. The van der Waals surface area contributed by atoms with Crippen molar-refractivity contribution in [1.29, 1.82) is 0 Å². The number of rotatable bonds is 18. The van der Waals surface area contributed by atoms with Gasteiger partial charge in [-0.2, -0.15) is 0 Å². The topological polar surface area (TPSA) is 955 Å². The maximum absolute atomic E-state index is 10.9. The molecular formula is C68H32N13O45S18-9. The molecule has 0 saturated heterocycles. The molecular weight excluding hydrogens is 2300 g/mol. The van der Waals surface area contributed by atoms with Crippen molar-refractivity contribution >= 4 is 336 Å². The monoisotopic (exact) mass is 2330 g/mol. The first-order valence-electron chi connectivity index (χ1n) is 35.7. The van der Waals surface area contributed by atoms with Crippen LogP contribution in [0.15, 0.2) is 233 Å². The number of non-ortho nitro benzene ring substituents is 8. The van der Waals surface area contributed by atoms with Gasteiger partial charge in [0, 0.05) is 102 Å². The summed E-state index contributed by atoms with van der Waals surface area (Å²) in [5.41, 5.74) is -1.81. The number of hydrogen-bond acceptors (Lipinski definition) is 58. The zero-order valence-corrected chi connectivity index (χ0v) is 82.7. The third kappa shape index (κ3) is 28.2. The maximum Gasteiger partial charge on any atom is 0.305 e. The number of fused-ring (bicyclic) bond motifs is 9. The molecule has 756 valence electrons. The van der Waals surface area contributed by atoms with Crippen LogP contribution in [0.2, 0.25) is 0 Å². The highest BCUT2D eigenvalue weighted by Crippen LogP contribution is 2.43. The van der Waals surface area contributed by atoms with Crippen molar-refractivity contribution in [2.24, 2.45) is 0 Å². The van der Waals surface area contributed by atoms with E-state index in [9.17, 15) is 208 Å². The van der Waals surface area contributed by atoms with Crippen molar-refractivity contribution in [3.8, 4) is 0 Å². The van der Waals surface area contributed by atoms with E-state index in [1.165, 1.54) is 158 Å². The van der Waals surface area contributed by atoms with Gasteiger partial charge in [-0.15, -0.1) is 90.7 Å². The van der Waals surface area contributed by atoms with Crippen molar-refractivity contribution in [3.63, 3.8) is 0 Å². The second-order valence-electron chi connectivity index (χ2n) is 26.2. The highest BCUT2D eigenvalue weighted by Gasteiger charge is 2.28. The second-order valence-corrected chi connectivity index (χ2v) is 49.9. The minimum Gasteiger partial charge on any atom is -0.743 e. The molecule has 0 N–H and O–H groups in total. The summed E-state index contributed by atoms with van der Waals surface area (Å²) in [6.45, 7) is 0. The van der Waals surface area contributed by atoms with Crippen molar-refractivity contribution < 1.29 is 161 Å². The van der Waals surface area contributed by atoms with E-state index in [2.05, 4.69) is 19.9 Å². The van der Waals surface area contributed by atoms with Crippen molar-refractivity contribution in [2.45, 2.75) is 38.4 Å². The van der Waals surface area contributed by atoms with Gasteiger partial charge in [0.05, 0.1) is 85.7 Å². The normalized spacial score (nSPS) is 11.8. The van der Waals surface area contributed by atoms with Crippen LogP contribution in [-0.4, -0.2) is 181 Å². The number of para-hydroxylation sites is 1. The van der Waals surface area contributed by atoms with Gasteiger partial charge < -0.3 is 41.0 Å². The number of nitro groups is 9. The average Bonchev–Trinajstić information content (AvgIpc) is 1.60. The van der Waals surface area contributed by atoms with E-state index < -0.39 is 171 Å². The Bertz CT molecular complexity index is 8520. The molecule has 0 saturated carbocycles. The smallest absolute Gasteiger partial charge is 0.305 e. The number of thiophene rings is 5. The quantitative estimate of drug-likeness (QED) is 0.0437. The summed E-state index contributed by atoms with van der Waals surface area (Å²) in [5, 5.41) is 96.8. The molecule has 0 aliphatic rings. The lowest BCUT2D eigenvalue weighted by molar-refractivity contribution is -0.385. The SMILES string of the molecule is O=[N+]([O-])c1c(S(=O)(=O)[O-])sc2ccccc12.O=[N+]([O-])c1ccc2cc(S(=O)(=O)[O-])sc2c1.O=[N+]([O-])c1ccc2nc(S(=O)(=O)[O-])sc2c1.O=[N+]([O-])c1ccc2sc(S(=O)(=O)[O-])cc2c1.O=[N+]([O-])c1ccc2sc(S(=O)(=O)[O-])nc2c1.O=[N+]([O-])c1cccc2cc(S(=O)(=O)[O-])sc12.O=[N+]([O-])c1cccc2nc(S(=O)(=O)[O-])sc12.O=[N+]([O-])c1cccc2sc(S(=O)(=O)[O-])cc12.O=[N+]([O-])c1cccc2sc(S(=O)(=O)[O-])nc12. The van der Waals surface area contributed by atoms with Gasteiger partial charge in [-0.05, 0) is 84.2 Å². The molecule has 144 heavy (non-hydrogen) atoms. The summed E-state index contributed by atoms with van der Waals surface area (Å²) >= 11 is 5.93. The van der Waals surface area contributed by atoms with Crippen LogP contribution in [0.3, 0.4) is 0 Å². The van der Waals surface area contributed by atoms with Crippen LogP contribution in [0.25, 0.3) is 91.3 Å². The number of aromatic nitrogens is 4. The summed E-state index contributed by atoms with van der Waals surface area (Å²) in [6.07, 6.45) is 0. The van der Waals surface area contributed by atoms with Crippen molar-refractivity contribution in [1.82, 2.24) is 19.9 Å². The van der Waals surface area contributed by atoms with Crippen LogP contribution >= 0.6 is 102 Å². The average molecular weight is 2330 g/mol. The van der Waals surface area contributed by atoms with Gasteiger partial charge in [-0.3, -0.25) is 91.0 Å². The predicted molar refractivity (Wildman–Crippen MR) is 499 cm³/mol. The third-order valence-corrected chi connectivity index (χ3v) is 37.7. The van der Waals surface area contributed by atoms with Crippen LogP contribution in [0.1, 0.15) is 0 Å². The van der Waals surface area contributed by atoms with Gasteiger partial charge in [0.2, 0.25) is 0 Å². The Morgan fingerprint density at radius 1 is 0.215 bits per heavy atom. The van der Waals surface area contributed by atoms with Crippen LogP contribution in [-0.2, 0) is 91.1 Å². The van der Waals surface area contributed by atoms with E-state index in [-0.39, 0.29) is 96.2 Å². The number of hydrogen-bond donors (Lipinski definition) is 0. The first kappa shape index (κ1) is 112. The minimum atomic E-state index is -4.81. The van der Waals surface area contributed by atoms with Crippen molar-refractivity contribution in [3.05, 3.63) is 285 Å². The fourth-order valence-electron chi connectivity index (χ4n) is 11.0.